The fraction of sp³-hybridized carbons (Fsp3) is 0.0714. The first-order chi connectivity index (χ1) is 9.81. The van der Waals surface area contributed by atoms with Gasteiger partial charge in [0.1, 0.15) is 11.7 Å². The molecule has 0 fully saturated rings. The Morgan fingerprint density at radius 1 is 1.25 bits per heavy atom. The molecule has 0 amide bonds. The minimum Gasteiger partial charge on any atom is -0.442 e. The highest BCUT2D eigenvalue weighted by atomic mass is 16.5. The molecule has 1 N–H and O–H groups in total. The predicted molar refractivity (Wildman–Crippen MR) is 69.0 cm³/mol. The average Bonchev–Trinajstić information content (AvgIpc) is 2.86. The largest absolute Gasteiger partial charge is 0.442 e. The number of para-hydroxylation sites is 1. The van der Waals surface area contributed by atoms with Gasteiger partial charge in [-0.05, 0) is 12.1 Å². The number of benzene rings is 1. The van der Waals surface area contributed by atoms with E-state index in [2.05, 4.69) is 9.97 Å². The molecule has 98 valence electrons. The predicted octanol–water partition coefficient (Wildman–Crippen LogP) is 2.38. The number of aliphatic hydroxyl groups excluding tert-OH is 1. The molecule has 0 radical (unpaired) electrons. The van der Waals surface area contributed by atoms with Crippen molar-refractivity contribution in [2.75, 3.05) is 0 Å². The molecule has 20 heavy (non-hydrogen) atoms. The molecule has 0 aliphatic rings. The maximum Gasteiger partial charge on any atom is 0.322 e. The summed E-state index contributed by atoms with van der Waals surface area (Å²) in [6, 6.07) is 9.20. The molecule has 2 heterocycles. The van der Waals surface area contributed by atoms with E-state index in [4.69, 9.17) is 19.5 Å². The van der Waals surface area contributed by atoms with Crippen molar-refractivity contribution in [1.82, 2.24) is 9.97 Å². The molecule has 6 nitrogen and oxygen atoms in total. The van der Waals surface area contributed by atoms with E-state index in [-0.39, 0.29) is 18.4 Å². The van der Waals surface area contributed by atoms with Crippen LogP contribution in [0.3, 0.4) is 0 Å². The van der Waals surface area contributed by atoms with Crippen molar-refractivity contribution < 1.29 is 14.3 Å². The van der Waals surface area contributed by atoms with Gasteiger partial charge in [-0.15, -0.1) is 0 Å². The summed E-state index contributed by atoms with van der Waals surface area (Å²) in [5, 5.41) is 18.7. The van der Waals surface area contributed by atoms with Gasteiger partial charge in [0.15, 0.2) is 5.75 Å². The number of nitriles is 1. The van der Waals surface area contributed by atoms with E-state index in [1.807, 2.05) is 18.2 Å². The monoisotopic (exact) mass is 267 g/mol. The topological polar surface area (TPSA) is 92.2 Å². The summed E-state index contributed by atoms with van der Waals surface area (Å²) in [7, 11) is 0. The van der Waals surface area contributed by atoms with E-state index in [9.17, 15) is 0 Å². The molecule has 6 heteroatoms. The van der Waals surface area contributed by atoms with Crippen LogP contribution in [0.2, 0.25) is 0 Å². The summed E-state index contributed by atoms with van der Waals surface area (Å²) in [6.45, 7) is -0.141. The van der Waals surface area contributed by atoms with Crippen molar-refractivity contribution in [3.05, 3.63) is 48.0 Å². The van der Waals surface area contributed by atoms with E-state index in [1.54, 1.807) is 12.1 Å². The third kappa shape index (κ3) is 2.06. The van der Waals surface area contributed by atoms with E-state index >= 15 is 0 Å². The Hall–Kier alpha value is -2.91. The Kier molecular flexibility index (Phi) is 3.03. The first-order valence-corrected chi connectivity index (χ1v) is 5.83. The Bertz CT molecular complexity index is 788. The number of nitrogens with zero attached hydrogens (tertiary/aromatic N) is 3. The zero-order valence-electron chi connectivity index (χ0n) is 10.3. The number of hydrogen-bond donors (Lipinski definition) is 1. The van der Waals surface area contributed by atoms with Crippen LogP contribution in [0.1, 0.15) is 11.3 Å². The number of ether oxygens (including phenoxy) is 1. The van der Waals surface area contributed by atoms with Gasteiger partial charge in [-0.25, -0.2) is 9.97 Å². The van der Waals surface area contributed by atoms with Gasteiger partial charge in [-0.2, -0.15) is 5.26 Å². The molecule has 0 spiro atoms. The quantitative estimate of drug-likeness (QED) is 0.783. The summed E-state index contributed by atoms with van der Waals surface area (Å²) in [5.41, 5.74) is 1.14. The molecular weight excluding hydrogens is 258 g/mol. The summed E-state index contributed by atoms with van der Waals surface area (Å²) in [4.78, 5) is 7.92. The lowest BCUT2D eigenvalue weighted by molar-refractivity contribution is 0.280. The molecule has 3 rings (SSSR count). The second-order valence-electron chi connectivity index (χ2n) is 4.00. The molecule has 0 saturated carbocycles. The Balaban J connectivity index is 2.03. The summed E-state index contributed by atoms with van der Waals surface area (Å²) in [6.07, 6.45) is 2.91. The van der Waals surface area contributed by atoms with Gasteiger partial charge in [0.05, 0.1) is 12.0 Å². The Labute approximate surface area is 113 Å². The van der Waals surface area contributed by atoms with Crippen LogP contribution in [0, 0.1) is 11.3 Å². The highest BCUT2D eigenvalue weighted by Gasteiger charge is 2.16. The van der Waals surface area contributed by atoms with E-state index in [0.717, 1.165) is 0 Å². The fourth-order valence-electron chi connectivity index (χ4n) is 1.77. The molecule has 0 bridgehead atoms. The van der Waals surface area contributed by atoms with Crippen LogP contribution in [0.5, 0.6) is 11.8 Å². The van der Waals surface area contributed by atoms with Crippen molar-refractivity contribution >= 4 is 11.0 Å². The van der Waals surface area contributed by atoms with Gasteiger partial charge in [0, 0.05) is 18.0 Å². The number of rotatable bonds is 3. The molecule has 0 saturated heterocycles. The van der Waals surface area contributed by atoms with Gasteiger partial charge >= 0.3 is 6.01 Å². The summed E-state index contributed by atoms with van der Waals surface area (Å²) in [5.74, 6) is 0.362. The van der Waals surface area contributed by atoms with Crippen LogP contribution in [0.4, 0.5) is 0 Å². The smallest absolute Gasteiger partial charge is 0.322 e. The van der Waals surface area contributed by atoms with Crippen LogP contribution >= 0.6 is 0 Å². The SMILES string of the molecule is N#Cc1oc2ccccc2c1Oc1ncc(CO)cn1. The third-order valence-electron chi connectivity index (χ3n) is 2.71. The number of fused-ring (bicyclic) bond motifs is 1. The van der Waals surface area contributed by atoms with Crippen LogP contribution in [-0.4, -0.2) is 15.1 Å². The van der Waals surface area contributed by atoms with E-state index in [0.29, 0.717) is 22.3 Å². The first kappa shape index (κ1) is 12.1. The lowest BCUT2D eigenvalue weighted by Gasteiger charge is -2.02. The highest BCUT2D eigenvalue weighted by molar-refractivity contribution is 5.86. The lowest BCUT2D eigenvalue weighted by atomic mass is 10.2. The summed E-state index contributed by atoms with van der Waals surface area (Å²) >= 11 is 0. The minimum absolute atomic E-state index is 0.0704. The number of furan rings is 1. The molecule has 0 atom stereocenters. The fourth-order valence-corrected chi connectivity index (χ4v) is 1.77. The molecule has 0 aliphatic carbocycles. The normalized spacial score (nSPS) is 10.4. The second kappa shape index (κ2) is 4.99. The Morgan fingerprint density at radius 3 is 2.70 bits per heavy atom. The summed E-state index contributed by atoms with van der Waals surface area (Å²) < 4.78 is 10.9. The van der Waals surface area contributed by atoms with Crippen molar-refractivity contribution in [3.63, 3.8) is 0 Å². The zero-order valence-corrected chi connectivity index (χ0v) is 10.3. The minimum atomic E-state index is -0.141. The maximum atomic E-state index is 9.08. The second-order valence-corrected chi connectivity index (χ2v) is 4.00. The number of aromatic nitrogens is 2. The maximum absolute atomic E-state index is 9.08. The third-order valence-corrected chi connectivity index (χ3v) is 2.71. The molecule has 2 aromatic heterocycles. The van der Waals surface area contributed by atoms with Crippen molar-refractivity contribution in [3.8, 4) is 17.8 Å². The van der Waals surface area contributed by atoms with Crippen LogP contribution in [-0.2, 0) is 6.61 Å². The molecule has 0 unspecified atom stereocenters. The van der Waals surface area contributed by atoms with Crippen molar-refractivity contribution in [1.29, 1.82) is 5.26 Å². The highest BCUT2D eigenvalue weighted by Crippen LogP contribution is 2.34. The number of aliphatic hydroxyl groups is 1. The van der Waals surface area contributed by atoms with Crippen molar-refractivity contribution in [2.24, 2.45) is 0 Å². The van der Waals surface area contributed by atoms with Crippen LogP contribution < -0.4 is 4.74 Å². The molecule has 3 aromatic rings. The average molecular weight is 267 g/mol. The van der Waals surface area contributed by atoms with Gasteiger partial charge < -0.3 is 14.3 Å². The molecule has 0 aliphatic heterocycles. The lowest BCUT2D eigenvalue weighted by Crippen LogP contribution is -1.94. The zero-order chi connectivity index (χ0) is 13.9. The van der Waals surface area contributed by atoms with E-state index < -0.39 is 0 Å². The Morgan fingerprint density at radius 2 is 2.00 bits per heavy atom. The van der Waals surface area contributed by atoms with Crippen molar-refractivity contribution in [2.45, 2.75) is 6.61 Å². The van der Waals surface area contributed by atoms with E-state index in [1.165, 1.54) is 12.4 Å². The van der Waals surface area contributed by atoms with Gasteiger partial charge in [-0.1, -0.05) is 12.1 Å². The first-order valence-electron chi connectivity index (χ1n) is 5.83. The van der Waals surface area contributed by atoms with Gasteiger partial charge in [0.2, 0.25) is 5.76 Å². The standard InChI is InChI=1S/C14H9N3O3/c15-5-12-13(10-3-1-2-4-11(10)19-12)20-14-16-6-9(8-18)7-17-14/h1-4,6-7,18H,8H2. The molecule has 1 aromatic carbocycles. The van der Waals surface area contributed by atoms with Crippen LogP contribution in [0.25, 0.3) is 11.0 Å². The molecular formula is C14H9N3O3. The van der Waals surface area contributed by atoms with Gasteiger partial charge in [0.25, 0.3) is 0 Å². The van der Waals surface area contributed by atoms with Gasteiger partial charge in [-0.3, -0.25) is 0 Å². The van der Waals surface area contributed by atoms with Crippen LogP contribution in [0.15, 0.2) is 41.1 Å². The number of hydrogen-bond acceptors (Lipinski definition) is 6.